The molecule has 2 aromatic rings. The summed E-state index contributed by atoms with van der Waals surface area (Å²) in [6.07, 6.45) is 8.00. The molecule has 3 rings (SSSR count). The molecule has 0 amide bonds. The number of nitrogens with zero attached hydrogens (tertiary/aromatic N) is 5. The second kappa shape index (κ2) is 5.85. The van der Waals surface area contributed by atoms with Crippen LogP contribution in [-0.4, -0.2) is 50.9 Å². The van der Waals surface area contributed by atoms with Crippen molar-refractivity contribution >= 4 is 0 Å². The molecule has 1 aliphatic heterocycles. The maximum absolute atomic E-state index is 5.68. The van der Waals surface area contributed by atoms with E-state index in [1.165, 1.54) is 6.33 Å². The van der Waals surface area contributed by atoms with E-state index in [2.05, 4.69) is 20.3 Å². The summed E-state index contributed by atoms with van der Waals surface area (Å²) in [7, 11) is 0. The van der Waals surface area contributed by atoms with Crippen molar-refractivity contribution in [3.63, 3.8) is 0 Å². The zero-order valence-corrected chi connectivity index (χ0v) is 10.5. The average molecular weight is 261 g/mol. The van der Waals surface area contributed by atoms with Crippen molar-refractivity contribution in [1.29, 1.82) is 0 Å². The Morgan fingerprint density at radius 3 is 3.05 bits per heavy atom. The Kier molecular flexibility index (Phi) is 3.75. The van der Waals surface area contributed by atoms with Gasteiger partial charge in [0.15, 0.2) is 0 Å². The number of aromatic nitrogens is 5. The van der Waals surface area contributed by atoms with Crippen LogP contribution < -0.4 is 0 Å². The van der Waals surface area contributed by atoms with E-state index >= 15 is 0 Å². The first-order valence-corrected chi connectivity index (χ1v) is 6.27. The van der Waals surface area contributed by atoms with E-state index in [1.807, 2.05) is 6.20 Å². The highest BCUT2D eigenvalue weighted by Crippen LogP contribution is 2.12. The van der Waals surface area contributed by atoms with Crippen LogP contribution in [0.4, 0.5) is 0 Å². The molecule has 2 aromatic heterocycles. The van der Waals surface area contributed by atoms with Crippen molar-refractivity contribution in [3.05, 3.63) is 24.9 Å². The molecule has 1 fully saturated rings. The lowest BCUT2D eigenvalue weighted by atomic mass is 10.3. The Hall–Kier alpha value is -1.86. The molecular formula is C12H15N5O2. The first kappa shape index (κ1) is 12.2. The fraction of sp³-hybridized carbons (Fsp3) is 0.500. The quantitative estimate of drug-likeness (QED) is 0.782. The van der Waals surface area contributed by atoms with Crippen LogP contribution in [-0.2, 0) is 16.0 Å². The van der Waals surface area contributed by atoms with Crippen molar-refractivity contribution in [2.75, 3.05) is 19.8 Å². The van der Waals surface area contributed by atoms with Crippen LogP contribution in [0.5, 0.6) is 0 Å². The van der Waals surface area contributed by atoms with Gasteiger partial charge < -0.3 is 9.47 Å². The molecule has 0 aromatic carbocycles. The Morgan fingerprint density at radius 2 is 2.26 bits per heavy atom. The van der Waals surface area contributed by atoms with Gasteiger partial charge in [-0.15, -0.1) is 5.10 Å². The molecule has 1 unspecified atom stereocenters. The average Bonchev–Trinajstić information content (AvgIpc) is 3.11. The minimum Gasteiger partial charge on any atom is -0.379 e. The van der Waals surface area contributed by atoms with Gasteiger partial charge in [0, 0.05) is 24.6 Å². The zero-order valence-electron chi connectivity index (χ0n) is 10.5. The van der Waals surface area contributed by atoms with Crippen LogP contribution in [0, 0.1) is 0 Å². The molecule has 100 valence electrons. The van der Waals surface area contributed by atoms with Gasteiger partial charge in [0.2, 0.25) is 0 Å². The Balaban J connectivity index is 1.53. The van der Waals surface area contributed by atoms with E-state index in [0.29, 0.717) is 19.8 Å². The van der Waals surface area contributed by atoms with Gasteiger partial charge in [0.1, 0.15) is 12.0 Å². The molecular weight excluding hydrogens is 246 g/mol. The van der Waals surface area contributed by atoms with Crippen LogP contribution in [0.1, 0.15) is 6.42 Å². The monoisotopic (exact) mass is 261 g/mol. The van der Waals surface area contributed by atoms with Crippen LogP contribution in [0.2, 0.25) is 0 Å². The standard InChI is InChI=1S/C12H15N5O2/c1-3-18-8-11(1)19-4-2-17-7-12(15-16-17)10-5-13-9-14-6-10/h5-7,9,11H,1-4,8H2. The van der Waals surface area contributed by atoms with E-state index in [4.69, 9.17) is 9.47 Å². The molecule has 0 aliphatic carbocycles. The SMILES string of the molecule is c1ncc(-c2cn(CCOC3CCOC3)nn2)cn1. The molecule has 19 heavy (non-hydrogen) atoms. The summed E-state index contributed by atoms with van der Waals surface area (Å²) in [4.78, 5) is 7.92. The van der Waals surface area contributed by atoms with Gasteiger partial charge >= 0.3 is 0 Å². The second-order valence-electron chi connectivity index (χ2n) is 4.35. The lowest BCUT2D eigenvalue weighted by Gasteiger charge is -2.08. The third-order valence-electron chi connectivity index (χ3n) is 2.96. The second-order valence-corrected chi connectivity index (χ2v) is 4.35. The lowest BCUT2D eigenvalue weighted by Crippen LogP contribution is -2.16. The summed E-state index contributed by atoms with van der Waals surface area (Å²) in [5.74, 6) is 0. The van der Waals surface area contributed by atoms with Crippen LogP contribution >= 0.6 is 0 Å². The minimum absolute atomic E-state index is 0.227. The number of hydrogen-bond acceptors (Lipinski definition) is 6. The van der Waals surface area contributed by atoms with Gasteiger partial charge in [-0.05, 0) is 6.42 Å². The third kappa shape index (κ3) is 3.12. The highest BCUT2D eigenvalue weighted by Gasteiger charge is 2.15. The molecule has 0 N–H and O–H groups in total. The molecule has 7 nitrogen and oxygen atoms in total. The number of ether oxygens (including phenoxy) is 2. The zero-order chi connectivity index (χ0) is 12.9. The van der Waals surface area contributed by atoms with Gasteiger partial charge in [-0.2, -0.15) is 0 Å². The minimum atomic E-state index is 0.227. The summed E-state index contributed by atoms with van der Waals surface area (Å²) in [6.45, 7) is 2.79. The van der Waals surface area contributed by atoms with E-state index < -0.39 is 0 Å². The molecule has 7 heteroatoms. The van der Waals surface area contributed by atoms with E-state index in [9.17, 15) is 0 Å². The smallest absolute Gasteiger partial charge is 0.116 e. The molecule has 3 heterocycles. The van der Waals surface area contributed by atoms with Crippen molar-refractivity contribution < 1.29 is 9.47 Å². The predicted octanol–water partition coefficient (Wildman–Crippen LogP) is 0.541. The molecule has 1 aliphatic rings. The summed E-state index contributed by atoms with van der Waals surface area (Å²) < 4.78 is 12.7. The van der Waals surface area contributed by atoms with Crippen molar-refractivity contribution in [3.8, 4) is 11.3 Å². The maximum Gasteiger partial charge on any atom is 0.116 e. The van der Waals surface area contributed by atoms with E-state index in [0.717, 1.165) is 24.3 Å². The number of hydrogen-bond donors (Lipinski definition) is 0. The predicted molar refractivity (Wildman–Crippen MR) is 66.2 cm³/mol. The van der Waals surface area contributed by atoms with Gasteiger partial charge in [-0.1, -0.05) is 5.21 Å². The molecule has 1 atom stereocenters. The Bertz CT molecular complexity index is 510. The summed E-state index contributed by atoms with van der Waals surface area (Å²) >= 11 is 0. The van der Waals surface area contributed by atoms with Crippen LogP contribution in [0.3, 0.4) is 0 Å². The van der Waals surface area contributed by atoms with Gasteiger partial charge in [0.25, 0.3) is 0 Å². The van der Waals surface area contributed by atoms with Crippen molar-refractivity contribution in [2.24, 2.45) is 0 Å². The Morgan fingerprint density at radius 1 is 1.37 bits per heavy atom. The highest BCUT2D eigenvalue weighted by atomic mass is 16.5. The van der Waals surface area contributed by atoms with Crippen LogP contribution in [0.15, 0.2) is 24.9 Å². The molecule has 0 saturated carbocycles. The normalized spacial score (nSPS) is 18.8. The molecule has 0 radical (unpaired) electrons. The first-order valence-electron chi connectivity index (χ1n) is 6.27. The van der Waals surface area contributed by atoms with Crippen molar-refractivity contribution in [2.45, 2.75) is 19.1 Å². The maximum atomic E-state index is 5.68. The third-order valence-corrected chi connectivity index (χ3v) is 2.96. The summed E-state index contributed by atoms with van der Waals surface area (Å²) in [6, 6.07) is 0. The fourth-order valence-corrected chi connectivity index (χ4v) is 1.93. The van der Waals surface area contributed by atoms with E-state index in [-0.39, 0.29) is 6.10 Å². The van der Waals surface area contributed by atoms with Gasteiger partial charge in [-0.25, -0.2) is 14.6 Å². The molecule has 0 spiro atoms. The molecule has 0 bridgehead atoms. The number of rotatable bonds is 5. The summed E-state index contributed by atoms with van der Waals surface area (Å²) in [5.41, 5.74) is 1.63. The first-order chi connectivity index (χ1) is 9.42. The summed E-state index contributed by atoms with van der Waals surface area (Å²) in [5, 5.41) is 8.15. The lowest BCUT2D eigenvalue weighted by molar-refractivity contribution is 0.0369. The van der Waals surface area contributed by atoms with Crippen molar-refractivity contribution in [1.82, 2.24) is 25.0 Å². The molecule has 1 saturated heterocycles. The van der Waals surface area contributed by atoms with Gasteiger partial charge in [-0.3, -0.25) is 0 Å². The fourth-order valence-electron chi connectivity index (χ4n) is 1.93. The largest absolute Gasteiger partial charge is 0.379 e. The van der Waals surface area contributed by atoms with E-state index in [1.54, 1.807) is 17.1 Å². The highest BCUT2D eigenvalue weighted by molar-refractivity contribution is 5.54. The van der Waals surface area contributed by atoms with Crippen LogP contribution in [0.25, 0.3) is 11.3 Å². The topological polar surface area (TPSA) is 75.0 Å². The Labute approximate surface area is 110 Å². The van der Waals surface area contributed by atoms with Gasteiger partial charge in [0.05, 0.1) is 32.1 Å².